The SMILES string of the molecule is COc1ccc2c(c1)C(=O)N(c1ccccc1)C2=O. The smallest absolute Gasteiger partial charge is 0.266 e. The van der Waals surface area contributed by atoms with E-state index in [0.717, 1.165) is 0 Å². The van der Waals surface area contributed by atoms with E-state index in [4.69, 9.17) is 4.74 Å². The normalized spacial score (nSPS) is 13.6. The number of benzene rings is 2. The first-order chi connectivity index (χ1) is 9.22. The Morgan fingerprint density at radius 3 is 2.26 bits per heavy atom. The summed E-state index contributed by atoms with van der Waals surface area (Å²) in [7, 11) is 1.53. The van der Waals surface area contributed by atoms with E-state index in [1.54, 1.807) is 42.5 Å². The third-order valence-corrected chi connectivity index (χ3v) is 3.11. The summed E-state index contributed by atoms with van der Waals surface area (Å²) in [4.78, 5) is 25.8. The Hall–Kier alpha value is -2.62. The summed E-state index contributed by atoms with van der Waals surface area (Å²) in [5.74, 6) is -0.0474. The lowest BCUT2D eigenvalue weighted by atomic mass is 10.1. The fourth-order valence-electron chi connectivity index (χ4n) is 2.16. The maximum atomic E-state index is 12.3. The zero-order valence-electron chi connectivity index (χ0n) is 10.3. The first-order valence-corrected chi connectivity index (χ1v) is 5.84. The van der Waals surface area contributed by atoms with Crippen molar-refractivity contribution >= 4 is 17.5 Å². The summed E-state index contributed by atoms with van der Waals surface area (Å²) < 4.78 is 5.08. The first kappa shape index (κ1) is 11.5. The Bertz CT molecular complexity index is 664. The highest BCUT2D eigenvalue weighted by atomic mass is 16.5. The molecule has 1 aliphatic heterocycles. The van der Waals surface area contributed by atoms with Crippen LogP contribution in [-0.2, 0) is 0 Å². The van der Waals surface area contributed by atoms with E-state index in [-0.39, 0.29) is 11.8 Å². The van der Waals surface area contributed by atoms with Gasteiger partial charge in [0.15, 0.2) is 0 Å². The van der Waals surface area contributed by atoms with Crippen molar-refractivity contribution in [1.29, 1.82) is 0 Å². The van der Waals surface area contributed by atoms with Crippen molar-refractivity contribution in [2.75, 3.05) is 12.0 Å². The van der Waals surface area contributed by atoms with Crippen LogP contribution in [0.15, 0.2) is 48.5 Å². The zero-order valence-corrected chi connectivity index (χ0v) is 10.3. The Morgan fingerprint density at radius 1 is 0.895 bits per heavy atom. The van der Waals surface area contributed by atoms with Crippen LogP contribution in [0.25, 0.3) is 0 Å². The van der Waals surface area contributed by atoms with Crippen molar-refractivity contribution in [2.24, 2.45) is 0 Å². The molecular formula is C15H11NO3. The first-order valence-electron chi connectivity index (χ1n) is 5.84. The average Bonchev–Trinajstić information content (AvgIpc) is 2.71. The lowest BCUT2D eigenvalue weighted by Crippen LogP contribution is -2.29. The maximum absolute atomic E-state index is 12.3. The molecule has 0 atom stereocenters. The summed E-state index contributed by atoms with van der Waals surface area (Å²) in [6.45, 7) is 0. The molecule has 94 valence electrons. The number of methoxy groups -OCH3 is 1. The minimum atomic E-state index is -0.315. The monoisotopic (exact) mass is 253 g/mol. The van der Waals surface area contributed by atoms with Crippen molar-refractivity contribution in [2.45, 2.75) is 0 Å². The summed E-state index contributed by atoms with van der Waals surface area (Å²) >= 11 is 0. The summed E-state index contributed by atoms with van der Waals surface area (Å²) in [5, 5.41) is 0. The molecule has 2 aromatic rings. The second-order valence-electron chi connectivity index (χ2n) is 4.19. The molecule has 4 heteroatoms. The van der Waals surface area contributed by atoms with E-state index < -0.39 is 0 Å². The molecule has 0 radical (unpaired) electrons. The minimum Gasteiger partial charge on any atom is -0.497 e. The molecule has 2 aromatic carbocycles. The van der Waals surface area contributed by atoms with Gasteiger partial charge in [-0.2, -0.15) is 0 Å². The van der Waals surface area contributed by atoms with Crippen molar-refractivity contribution < 1.29 is 14.3 Å². The third kappa shape index (κ3) is 1.69. The Labute approximate surface area is 110 Å². The van der Waals surface area contributed by atoms with Crippen LogP contribution in [0, 0.1) is 0 Å². The molecule has 2 amide bonds. The molecule has 4 nitrogen and oxygen atoms in total. The number of imide groups is 1. The van der Waals surface area contributed by atoms with Crippen LogP contribution >= 0.6 is 0 Å². The molecule has 0 unspecified atom stereocenters. The molecule has 0 bridgehead atoms. The van der Waals surface area contributed by atoms with Gasteiger partial charge in [-0.3, -0.25) is 9.59 Å². The van der Waals surface area contributed by atoms with Crippen LogP contribution in [0.2, 0.25) is 0 Å². The fraction of sp³-hybridized carbons (Fsp3) is 0.0667. The molecule has 3 rings (SSSR count). The number of hydrogen-bond acceptors (Lipinski definition) is 3. The predicted molar refractivity (Wildman–Crippen MR) is 70.6 cm³/mol. The van der Waals surface area contributed by atoms with Crippen molar-refractivity contribution in [3.63, 3.8) is 0 Å². The lowest BCUT2D eigenvalue weighted by Gasteiger charge is -2.13. The number of nitrogens with zero attached hydrogens (tertiary/aromatic N) is 1. The van der Waals surface area contributed by atoms with Crippen LogP contribution in [0.5, 0.6) is 5.75 Å². The van der Waals surface area contributed by atoms with Gasteiger partial charge >= 0.3 is 0 Å². The van der Waals surface area contributed by atoms with Gasteiger partial charge in [-0.05, 0) is 30.3 Å². The Balaban J connectivity index is 2.10. The largest absolute Gasteiger partial charge is 0.497 e. The number of anilines is 1. The highest BCUT2D eigenvalue weighted by Crippen LogP contribution is 2.30. The van der Waals surface area contributed by atoms with E-state index in [1.165, 1.54) is 12.0 Å². The van der Waals surface area contributed by atoms with Crippen LogP contribution in [0.4, 0.5) is 5.69 Å². The second-order valence-corrected chi connectivity index (χ2v) is 4.19. The van der Waals surface area contributed by atoms with E-state index in [0.29, 0.717) is 22.6 Å². The molecule has 0 spiro atoms. The summed E-state index contributed by atoms with van der Waals surface area (Å²) in [5.41, 5.74) is 1.37. The van der Waals surface area contributed by atoms with Gasteiger partial charge in [-0.1, -0.05) is 18.2 Å². The highest BCUT2D eigenvalue weighted by molar-refractivity contribution is 6.34. The van der Waals surface area contributed by atoms with E-state index >= 15 is 0 Å². The van der Waals surface area contributed by atoms with Crippen molar-refractivity contribution in [1.82, 2.24) is 0 Å². The Kier molecular flexibility index (Phi) is 2.56. The van der Waals surface area contributed by atoms with Gasteiger partial charge in [0.1, 0.15) is 5.75 Å². The number of rotatable bonds is 2. The molecule has 1 heterocycles. The molecule has 19 heavy (non-hydrogen) atoms. The minimum absolute atomic E-state index is 0.297. The topological polar surface area (TPSA) is 46.6 Å². The second kappa shape index (κ2) is 4.24. The number of para-hydroxylation sites is 1. The fourth-order valence-corrected chi connectivity index (χ4v) is 2.16. The third-order valence-electron chi connectivity index (χ3n) is 3.11. The molecule has 1 aliphatic rings. The van der Waals surface area contributed by atoms with Gasteiger partial charge in [0, 0.05) is 0 Å². The van der Waals surface area contributed by atoms with Gasteiger partial charge < -0.3 is 4.74 Å². The van der Waals surface area contributed by atoms with Gasteiger partial charge in [0.2, 0.25) is 0 Å². The lowest BCUT2D eigenvalue weighted by molar-refractivity contribution is 0.0926. The van der Waals surface area contributed by atoms with Gasteiger partial charge in [0.25, 0.3) is 11.8 Å². The summed E-state index contributed by atoms with van der Waals surface area (Å²) in [6.07, 6.45) is 0. The molecule has 0 saturated carbocycles. The zero-order chi connectivity index (χ0) is 13.4. The molecule has 0 aromatic heterocycles. The van der Waals surface area contributed by atoms with E-state index in [2.05, 4.69) is 0 Å². The standard InChI is InChI=1S/C15H11NO3/c1-19-11-7-8-12-13(9-11)15(18)16(14(12)17)10-5-3-2-4-6-10/h2-9H,1H3. The number of hydrogen-bond donors (Lipinski definition) is 0. The van der Waals surface area contributed by atoms with E-state index in [9.17, 15) is 9.59 Å². The van der Waals surface area contributed by atoms with Crippen LogP contribution in [0.3, 0.4) is 0 Å². The van der Waals surface area contributed by atoms with Crippen LogP contribution in [-0.4, -0.2) is 18.9 Å². The van der Waals surface area contributed by atoms with Crippen LogP contribution in [0.1, 0.15) is 20.7 Å². The van der Waals surface area contributed by atoms with Gasteiger partial charge in [-0.15, -0.1) is 0 Å². The van der Waals surface area contributed by atoms with Gasteiger partial charge in [0.05, 0.1) is 23.9 Å². The highest BCUT2D eigenvalue weighted by Gasteiger charge is 2.36. The molecule has 0 saturated heterocycles. The average molecular weight is 253 g/mol. The molecule has 0 aliphatic carbocycles. The predicted octanol–water partition coefficient (Wildman–Crippen LogP) is 2.50. The molecule has 0 fully saturated rings. The number of carbonyl (C=O) groups excluding carboxylic acids is 2. The molecule has 0 N–H and O–H groups in total. The van der Waals surface area contributed by atoms with E-state index in [1.807, 2.05) is 6.07 Å². The van der Waals surface area contributed by atoms with Crippen LogP contribution < -0.4 is 9.64 Å². The summed E-state index contributed by atoms with van der Waals surface area (Å²) in [6, 6.07) is 13.8. The quantitative estimate of drug-likeness (QED) is 0.772. The van der Waals surface area contributed by atoms with Crippen molar-refractivity contribution in [3.05, 3.63) is 59.7 Å². The number of carbonyl (C=O) groups is 2. The number of ether oxygens (including phenoxy) is 1. The number of amides is 2. The number of fused-ring (bicyclic) bond motifs is 1. The maximum Gasteiger partial charge on any atom is 0.266 e. The Morgan fingerprint density at radius 2 is 1.58 bits per heavy atom. The molecular weight excluding hydrogens is 242 g/mol. The van der Waals surface area contributed by atoms with Gasteiger partial charge in [-0.25, -0.2) is 4.90 Å². The van der Waals surface area contributed by atoms with Crippen molar-refractivity contribution in [3.8, 4) is 5.75 Å².